The molecule has 2 aliphatic rings. The van der Waals surface area contributed by atoms with Gasteiger partial charge in [0, 0.05) is 40.3 Å². The number of benzene rings is 2. The van der Waals surface area contributed by atoms with Crippen LogP contribution < -0.4 is 10.6 Å². The van der Waals surface area contributed by atoms with Crippen LogP contribution in [0.25, 0.3) is 0 Å². The van der Waals surface area contributed by atoms with Crippen LogP contribution >= 0.6 is 22.9 Å². The van der Waals surface area contributed by atoms with Crippen molar-refractivity contribution in [1.29, 1.82) is 0 Å². The van der Waals surface area contributed by atoms with E-state index in [9.17, 15) is 21.6 Å². The van der Waals surface area contributed by atoms with Crippen LogP contribution in [-0.2, 0) is 37.9 Å². The number of halogens is 1. The highest BCUT2D eigenvalue weighted by atomic mass is 35.5. The van der Waals surface area contributed by atoms with Crippen molar-refractivity contribution in [2.24, 2.45) is 0 Å². The molecule has 1 saturated heterocycles. The van der Waals surface area contributed by atoms with Gasteiger partial charge in [-0.15, -0.1) is 11.3 Å². The van der Waals surface area contributed by atoms with Crippen LogP contribution in [0.5, 0.6) is 0 Å². The number of hydrogen-bond acceptors (Lipinski definition) is 7. The largest absolute Gasteiger partial charge is 0.382 e. The first-order valence-corrected chi connectivity index (χ1v) is 16.3. The van der Waals surface area contributed by atoms with Crippen molar-refractivity contribution in [1.82, 2.24) is 9.62 Å². The van der Waals surface area contributed by atoms with E-state index in [0.717, 1.165) is 33.0 Å². The van der Waals surface area contributed by atoms with Gasteiger partial charge in [-0.3, -0.25) is 4.79 Å². The van der Waals surface area contributed by atoms with Gasteiger partial charge in [0.25, 0.3) is 15.9 Å². The Balaban J connectivity index is 1.15. The Morgan fingerprint density at radius 3 is 2.43 bits per heavy atom. The summed E-state index contributed by atoms with van der Waals surface area (Å²) in [4.78, 5) is 13.1. The van der Waals surface area contributed by atoms with Gasteiger partial charge in [-0.2, -0.15) is 4.31 Å². The summed E-state index contributed by atoms with van der Waals surface area (Å²) in [5.41, 5.74) is 3.03. The van der Waals surface area contributed by atoms with Crippen molar-refractivity contribution in [3.63, 3.8) is 0 Å². The van der Waals surface area contributed by atoms with Gasteiger partial charge in [-0.1, -0.05) is 17.7 Å². The molecular formula is C25H26ClN3O5S3. The zero-order valence-electron chi connectivity index (χ0n) is 19.8. The summed E-state index contributed by atoms with van der Waals surface area (Å²) >= 11 is 7.01. The van der Waals surface area contributed by atoms with Crippen LogP contribution in [-0.4, -0.2) is 46.2 Å². The molecule has 1 amide bonds. The smallest absolute Gasteiger partial charge is 0.252 e. The SMILES string of the molecule is O=C(NCc1ccc(S(=O)(=O)N2CCC(Nc3ccc4c(c3)CS(=O)(=O)C4)CC2)s1)c1ccc(Cl)cc1. The lowest BCUT2D eigenvalue weighted by atomic mass is 10.0. The van der Waals surface area contributed by atoms with E-state index in [1.807, 2.05) is 18.2 Å². The fourth-order valence-electron chi connectivity index (χ4n) is 4.58. The third-order valence-corrected chi connectivity index (χ3v) is 11.7. The molecular weight excluding hydrogens is 554 g/mol. The van der Waals surface area contributed by atoms with Gasteiger partial charge in [-0.25, -0.2) is 16.8 Å². The minimum absolute atomic E-state index is 0.0716. The first-order chi connectivity index (χ1) is 17.6. The van der Waals surface area contributed by atoms with Crippen molar-refractivity contribution in [2.45, 2.75) is 41.1 Å². The Morgan fingerprint density at radius 1 is 1.00 bits per heavy atom. The molecule has 3 heterocycles. The molecule has 0 radical (unpaired) electrons. The Kier molecular flexibility index (Phi) is 7.34. The molecule has 37 heavy (non-hydrogen) atoms. The molecule has 0 atom stereocenters. The van der Waals surface area contributed by atoms with Crippen LogP contribution in [0.1, 0.15) is 39.2 Å². The number of carbonyl (C=O) groups is 1. The lowest BCUT2D eigenvalue weighted by Gasteiger charge is -2.31. The molecule has 0 bridgehead atoms. The lowest BCUT2D eigenvalue weighted by molar-refractivity contribution is 0.0951. The van der Waals surface area contributed by atoms with Crippen molar-refractivity contribution in [3.05, 3.63) is 81.2 Å². The maximum absolute atomic E-state index is 13.2. The highest BCUT2D eigenvalue weighted by Crippen LogP contribution is 2.30. The Hall–Kier alpha value is -2.44. The highest BCUT2D eigenvalue weighted by Gasteiger charge is 2.31. The van der Waals surface area contributed by atoms with Crippen molar-refractivity contribution >= 4 is 54.4 Å². The van der Waals surface area contributed by atoms with E-state index in [-0.39, 0.29) is 34.2 Å². The van der Waals surface area contributed by atoms with Crippen LogP contribution in [0, 0.1) is 0 Å². The van der Waals surface area contributed by atoms with E-state index in [1.54, 1.807) is 36.4 Å². The average molecular weight is 580 g/mol. The number of hydrogen-bond donors (Lipinski definition) is 2. The number of sulfonamides is 1. The number of piperidine rings is 1. The van der Waals surface area contributed by atoms with Crippen LogP contribution in [0.15, 0.2) is 58.8 Å². The van der Waals surface area contributed by atoms with E-state index >= 15 is 0 Å². The van der Waals surface area contributed by atoms with Gasteiger partial charge < -0.3 is 10.6 Å². The van der Waals surface area contributed by atoms with E-state index in [2.05, 4.69) is 10.6 Å². The summed E-state index contributed by atoms with van der Waals surface area (Å²) in [6.45, 7) is 1.01. The van der Waals surface area contributed by atoms with Crippen LogP contribution in [0.3, 0.4) is 0 Å². The number of sulfone groups is 1. The van der Waals surface area contributed by atoms with E-state index in [4.69, 9.17) is 11.6 Å². The molecule has 2 aliphatic heterocycles. The minimum Gasteiger partial charge on any atom is -0.382 e. The summed E-state index contributed by atoms with van der Waals surface area (Å²) in [7, 11) is -6.68. The third kappa shape index (κ3) is 6.01. The molecule has 0 unspecified atom stereocenters. The highest BCUT2D eigenvalue weighted by molar-refractivity contribution is 7.91. The Morgan fingerprint density at radius 2 is 1.70 bits per heavy atom. The van der Waals surface area contributed by atoms with Gasteiger partial charge in [-0.05, 0) is 72.5 Å². The summed E-state index contributed by atoms with van der Waals surface area (Å²) in [5.74, 6) is -0.0887. The molecule has 1 aromatic heterocycles. The van der Waals surface area contributed by atoms with Gasteiger partial charge in [0.1, 0.15) is 4.21 Å². The van der Waals surface area contributed by atoms with Gasteiger partial charge in [0.05, 0.1) is 18.1 Å². The van der Waals surface area contributed by atoms with Gasteiger partial charge in [0.2, 0.25) is 0 Å². The maximum atomic E-state index is 13.2. The predicted octanol–water partition coefficient (Wildman–Crippen LogP) is 4.03. The second-order valence-electron chi connectivity index (χ2n) is 9.25. The zero-order chi connectivity index (χ0) is 26.2. The molecule has 196 valence electrons. The molecule has 0 aliphatic carbocycles. The topological polar surface area (TPSA) is 113 Å². The number of anilines is 1. The molecule has 2 aromatic carbocycles. The van der Waals surface area contributed by atoms with Crippen LogP contribution in [0.2, 0.25) is 5.02 Å². The first kappa shape index (κ1) is 26.2. The molecule has 5 rings (SSSR count). The van der Waals surface area contributed by atoms with Gasteiger partial charge >= 0.3 is 0 Å². The number of nitrogens with zero attached hydrogens (tertiary/aromatic N) is 1. The van der Waals surface area contributed by atoms with Gasteiger partial charge in [0.15, 0.2) is 9.84 Å². The molecule has 12 heteroatoms. The number of carbonyl (C=O) groups excluding carboxylic acids is 1. The fourth-order valence-corrected chi connectivity index (χ4v) is 9.23. The van der Waals surface area contributed by atoms with Crippen molar-refractivity contribution in [2.75, 3.05) is 18.4 Å². The number of rotatable bonds is 7. The van der Waals surface area contributed by atoms with E-state index in [1.165, 1.54) is 4.31 Å². The molecule has 2 N–H and O–H groups in total. The lowest BCUT2D eigenvalue weighted by Crippen LogP contribution is -2.42. The van der Waals surface area contributed by atoms with Crippen LogP contribution in [0.4, 0.5) is 5.69 Å². The average Bonchev–Trinajstić information content (AvgIpc) is 3.46. The number of nitrogens with one attached hydrogen (secondary N) is 2. The molecule has 1 fully saturated rings. The second kappa shape index (κ2) is 10.4. The number of thiophene rings is 1. The quantitative estimate of drug-likeness (QED) is 0.437. The second-order valence-corrected chi connectivity index (χ2v) is 15.1. The third-order valence-electron chi connectivity index (χ3n) is 6.54. The monoisotopic (exact) mass is 579 g/mol. The molecule has 0 spiro atoms. The Labute approximate surface area is 225 Å². The maximum Gasteiger partial charge on any atom is 0.252 e. The Bertz CT molecular complexity index is 1530. The number of amides is 1. The normalized spacial score (nSPS) is 17.9. The predicted molar refractivity (Wildman–Crippen MR) is 145 cm³/mol. The fraction of sp³-hybridized carbons (Fsp3) is 0.320. The summed E-state index contributed by atoms with van der Waals surface area (Å²) in [5, 5.41) is 6.79. The van der Waals surface area contributed by atoms with Crippen molar-refractivity contribution < 1.29 is 21.6 Å². The standard InChI is InChI=1S/C25H26ClN3O5S3/c26-20-4-1-17(2-5-20)25(30)27-14-23-7-8-24(35-23)37(33,34)29-11-9-21(10-12-29)28-22-6-3-18-15-36(31,32)16-19(18)13-22/h1-8,13,21,28H,9-12,14-16H2,(H,27,30). The number of fused-ring (bicyclic) bond motifs is 1. The van der Waals surface area contributed by atoms with Crippen molar-refractivity contribution in [3.8, 4) is 0 Å². The summed E-state index contributed by atoms with van der Waals surface area (Å²) in [6, 6.07) is 15.6. The van der Waals surface area contributed by atoms with E-state index < -0.39 is 19.9 Å². The first-order valence-electron chi connectivity index (χ1n) is 11.8. The molecule has 3 aromatic rings. The molecule has 0 saturated carbocycles. The minimum atomic E-state index is -3.62. The molecule has 8 nitrogen and oxygen atoms in total. The summed E-state index contributed by atoms with van der Waals surface area (Å²) in [6.07, 6.45) is 1.29. The van der Waals surface area contributed by atoms with E-state index in [0.29, 0.717) is 36.5 Å². The zero-order valence-corrected chi connectivity index (χ0v) is 23.0. The summed E-state index contributed by atoms with van der Waals surface area (Å²) < 4.78 is 51.9.